The van der Waals surface area contributed by atoms with Crippen LogP contribution in [0.25, 0.3) is 5.65 Å². The van der Waals surface area contributed by atoms with Crippen molar-refractivity contribution < 1.29 is 0 Å². The molecule has 1 aliphatic rings. The van der Waals surface area contributed by atoms with Gasteiger partial charge in [0.2, 0.25) is 0 Å². The first kappa shape index (κ1) is 10.4. The molecule has 0 bridgehead atoms. The third-order valence-electron chi connectivity index (χ3n) is 3.26. The minimum absolute atomic E-state index is 0.365. The maximum Gasteiger partial charge on any atom is 0.199 e. The fraction of sp³-hybridized carbons (Fsp3) is 0.600. The molecule has 2 aromatic heterocycles. The topological polar surface area (TPSA) is 94.0 Å². The molecule has 1 fully saturated rings. The van der Waals surface area contributed by atoms with Crippen LogP contribution in [0.5, 0.6) is 0 Å². The summed E-state index contributed by atoms with van der Waals surface area (Å²) in [5.74, 6) is 1.46. The Kier molecular flexibility index (Phi) is 2.60. The predicted octanol–water partition coefficient (Wildman–Crippen LogP) is 0.0586. The van der Waals surface area contributed by atoms with Gasteiger partial charge in [-0.1, -0.05) is 0 Å². The minimum Gasteiger partial charge on any atom is -0.368 e. The number of nitrogens with one attached hydrogen (secondary N) is 1. The fourth-order valence-electron chi connectivity index (χ4n) is 2.34. The van der Waals surface area contributed by atoms with E-state index < -0.39 is 0 Å². The van der Waals surface area contributed by atoms with Gasteiger partial charge in [-0.25, -0.2) is 0 Å². The molecule has 90 valence electrons. The summed E-state index contributed by atoms with van der Waals surface area (Å²) in [5.41, 5.74) is 6.54. The molecule has 7 nitrogen and oxygen atoms in total. The summed E-state index contributed by atoms with van der Waals surface area (Å²) in [4.78, 5) is 4.09. The van der Waals surface area contributed by atoms with E-state index in [2.05, 4.69) is 25.8 Å². The Morgan fingerprint density at radius 1 is 1.41 bits per heavy atom. The third-order valence-corrected chi connectivity index (χ3v) is 3.26. The van der Waals surface area contributed by atoms with Crippen LogP contribution in [0.4, 0.5) is 5.82 Å². The molecule has 1 saturated carbocycles. The number of nitrogens with two attached hydrogens (primary N) is 1. The summed E-state index contributed by atoms with van der Waals surface area (Å²) in [7, 11) is 0. The summed E-state index contributed by atoms with van der Waals surface area (Å²) in [6, 6.07) is 0.365. The number of hydrogen-bond donors (Lipinski definition) is 2. The van der Waals surface area contributed by atoms with E-state index in [0.717, 1.165) is 25.2 Å². The van der Waals surface area contributed by atoms with Gasteiger partial charge in [-0.15, -0.1) is 5.10 Å². The van der Waals surface area contributed by atoms with Gasteiger partial charge in [-0.3, -0.25) is 4.98 Å². The number of aromatic nitrogens is 5. The first-order chi connectivity index (χ1) is 8.33. The highest BCUT2D eigenvalue weighted by atomic mass is 15.5. The Hall–Kier alpha value is -1.76. The van der Waals surface area contributed by atoms with E-state index in [1.165, 1.54) is 6.42 Å². The Labute approximate surface area is 98.4 Å². The molecule has 0 saturated heterocycles. The van der Waals surface area contributed by atoms with E-state index in [1.54, 1.807) is 16.9 Å². The zero-order valence-electron chi connectivity index (χ0n) is 9.45. The first-order valence-electron chi connectivity index (χ1n) is 5.84. The largest absolute Gasteiger partial charge is 0.368 e. The van der Waals surface area contributed by atoms with E-state index in [1.807, 2.05) is 0 Å². The van der Waals surface area contributed by atoms with E-state index >= 15 is 0 Å². The zero-order chi connectivity index (χ0) is 11.7. The molecule has 2 unspecified atom stereocenters. The van der Waals surface area contributed by atoms with Gasteiger partial charge in [-0.2, -0.15) is 4.52 Å². The Bertz CT molecular complexity index is 508. The predicted molar refractivity (Wildman–Crippen MR) is 62.4 cm³/mol. The lowest BCUT2D eigenvalue weighted by Gasteiger charge is -2.11. The van der Waals surface area contributed by atoms with Crippen molar-refractivity contribution in [1.82, 2.24) is 25.0 Å². The van der Waals surface area contributed by atoms with Crippen LogP contribution in [0.1, 0.15) is 19.3 Å². The van der Waals surface area contributed by atoms with Crippen LogP contribution in [0.2, 0.25) is 0 Å². The first-order valence-corrected chi connectivity index (χ1v) is 5.84. The highest BCUT2D eigenvalue weighted by Crippen LogP contribution is 2.24. The zero-order valence-corrected chi connectivity index (χ0v) is 9.45. The summed E-state index contributed by atoms with van der Waals surface area (Å²) in [6.07, 6.45) is 6.77. The van der Waals surface area contributed by atoms with Crippen molar-refractivity contribution in [2.45, 2.75) is 25.3 Å². The molecule has 3 N–H and O–H groups in total. The van der Waals surface area contributed by atoms with Gasteiger partial charge in [0.25, 0.3) is 0 Å². The average Bonchev–Trinajstić information content (AvgIpc) is 2.94. The van der Waals surface area contributed by atoms with Gasteiger partial charge in [0.15, 0.2) is 5.65 Å². The van der Waals surface area contributed by atoms with Crippen LogP contribution in [0.15, 0.2) is 12.4 Å². The monoisotopic (exact) mass is 233 g/mol. The van der Waals surface area contributed by atoms with Crippen LogP contribution in [-0.2, 0) is 0 Å². The second-order valence-electron chi connectivity index (χ2n) is 4.56. The van der Waals surface area contributed by atoms with Gasteiger partial charge in [0.05, 0.1) is 12.4 Å². The maximum absolute atomic E-state index is 5.89. The third kappa shape index (κ3) is 2.05. The smallest absolute Gasteiger partial charge is 0.199 e. The average molecular weight is 233 g/mol. The molecule has 0 radical (unpaired) electrons. The van der Waals surface area contributed by atoms with Crippen molar-refractivity contribution in [1.29, 1.82) is 0 Å². The summed E-state index contributed by atoms with van der Waals surface area (Å²) in [6.45, 7) is 0.897. The van der Waals surface area contributed by atoms with E-state index in [4.69, 9.17) is 5.73 Å². The van der Waals surface area contributed by atoms with Crippen molar-refractivity contribution in [2.24, 2.45) is 11.7 Å². The van der Waals surface area contributed by atoms with Crippen LogP contribution in [0.3, 0.4) is 0 Å². The lowest BCUT2D eigenvalue weighted by atomic mass is 10.1. The number of fused-ring (bicyclic) bond motifs is 1. The fourth-order valence-corrected chi connectivity index (χ4v) is 2.34. The van der Waals surface area contributed by atoms with Crippen LogP contribution in [-0.4, -0.2) is 37.6 Å². The Morgan fingerprint density at radius 2 is 2.35 bits per heavy atom. The highest BCUT2D eigenvalue weighted by molar-refractivity contribution is 5.43. The highest BCUT2D eigenvalue weighted by Gasteiger charge is 2.21. The van der Waals surface area contributed by atoms with Crippen LogP contribution < -0.4 is 11.1 Å². The molecule has 17 heavy (non-hydrogen) atoms. The van der Waals surface area contributed by atoms with E-state index in [9.17, 15) is 0 Å². The molecule has 7 heteroatoms. The number of rotatable bonds is 3. The molecular formula is C10H15N7. The van der Waals surface area contributed by atoms with E-state index in [0.29, 0.717) is 17.6 Å². The molecule has 2 atom stereocenters. The molecule has 0 spiro atoms. The lowest BCUT2D eigenvalue weighted by molar-refractivity contribution is 0.563. The second-order valence-corrected chi connectivity index (χ2v) is 4.56. The molecule has 1 aliphatic carbocycles. The number of hydrogen-bond acceptors (Lipinski definition) is 6. The van der Waals surface area contributed by atoms with Gasteiger partial charge in [0, 0.05) is 12.6 Å². The van der Waals surface area contributed by atoms with Gasteiger partial charge < -0.3 is 11.1 Å². The molecule has 3 rings (SSSR count). The number of nitrogens with zero attached hydrogens (tertiary/aromatic N) is 5. The normalized spacial score (nSPS) is 24.3. The molecule has 0 aliphatic heterocycles. The summed E-state index contributed by atoms with van der Waals surface area (Å²) < 4.78 is 1.65. The van der Waals surface area contributed by atoms with Crippen molar-refractivity contribution in [3.63, 3.8) is 0 Å². The molecule has 0 amide bonds. The van der Waals surface area contributed by atoms with Gasteiger partial charge >= 0.3 is 0 Å². The maximum atomic E-state index is 5.89. The van der Waals surface area contributed by atoms with Crippen LogP contribution >= 0.6 is 0 Å². The number of tetrazole rings is 1. The van der Waals surface area contributed by atoms with Gasteiger partial charge in [0.1, 0.15) is 5.82 Å². The quantitative estimate of drug-likeness (QED) is 0.778. The lowest BCUT2D eigenvalue weighted by Crippen LogP contribution is -2.18. The van der Waals surface area contributed by atoms with Crippen molar-refractivity contribution in [3.05, 3.63) is 12.4 Å². The molecule has 2 aromatic rings. The van der Waals surface area contributed by atoms with E-state index in [-0.39, 0.29) is 0 Å². The Morgan fingerprint density at radius 3 is 3.18 bits per heavy atom. The molecular weight excluding hydrogens is 218 g/mol. The minimum atomic E-state index is 0.365. The Balaban J connectivity index is 1.70. The summed E-state index contributed by atoms with van der Waals surface area (Å²) >= 11 is 0. The van der Waals surface area contributed by atoms with Crippen molar-refractivity contribution in [3.8, 4) is 0 Å². The summed E-state index contributed by atoms with van der Waals surface area (Å²) in [5, 5.41) is 14.7. The molecule has 2 heterocycles. The second kappa shape index (κ2) is 4.25. The SMILES string of the molecule is NC1CCC(CNc2cncc3nnnn23)C1. The van der Waals surface area contributed by atoms with Crippen molar-refractivity contribution >= 4 is 11.5 Å². The van der Waals surface area contributed by atoms with Crippen molar-refractivity contribution in [2.75, 3.05) is 11.9 Å². The number of anilines is 1. The van der Waals surface area contributed by atoms with Crippen LogP contribution in [0, 0.1) is 5.92 Å². The van der Waals surface area contributed by atoms with Gasteiger partial charge in [-0.05, 0) is 35.6 Å². The standard InChI is InChI=1S/C10H15N7/c11-8-2-1-7(3-8)4-13-9-5-12-6-10-14-15-16-17(9)10/h5-8,13H,1-4,11H2. The molecule has 0 aromatic carbocycles.